The quantitative estimate of drug-likeness (QED) is 0.293. The van der Waals surface area contributed by atoms with Crippen LogP contribution in [0.2, 0.25) is 0 Å². The van der Waals surface area contributed by atoms with E-state index in [0.29, 0.717) is 30.7 Å². The Morgan fingerprint density at radius 3 is 2.47 bits per heavy atom. The van der Waals surface area contributed by atoms with Crippen molar-refractivity contribution in [3.05, 3.63) is 77.6 Å². The van der Waals surface area contributed by atoms with E-state index in [2.05, 4.69) is 4.90 Å². The minimum Gasteiger partial charge on any atom is -0.382 e. The normalized spacial score (nSPS) is 15.3. The summed E-state index contributed by atoms with van der Waals surface area (Å²) in [5.41, 5.74) is 1.10. The van der Waals surface area contributed by atoms with Gasteiger partial charge in [-0.05, 0) is 29.8 Å². The van der Waals surface area contributed by atoms with Crippen molar-refractivity contribution in [2.75, 3.05) is 40.4 Å². The predicted octanol–water partition coefficient (Wildman–Crippen LogP) is 2.86. The molecule has 3 aromatic rings. The van der Waals surface area contributed by atoms with Crippen LogP contribution in [0.25, 0.3) is 10.9 Å². The number of aromatic nitrogens is 1. The van der Waals surface area contributed by atoms with Gasteiger partial charge in [0.2, 0.25) is 5.78 Å². The molecule has 0 bridgehead atoms. The van der Waals surface area contributed by atoms with Gasteiger partial charge in [0.25, 0.3) is 10.0 Å². The Hall–Kier alpha value is -3.45. The highest BCUT2D eigenvalue weighted by molar-refractivity contribution is 7.90. The summed E-state index contributed by atoms with van der Waals surface area (Å²) < 4.78 is 34.0. The zero-order valence-corrected chi connectivity index (χ0v) is 20.0. The molecule has 2 heterocycles. The average Bonchev–Trinajstić information content (AvgIpc) is 3.25. The molecule has 0 radical (unpaired) electrons. The summed E-state index contributed by atoms with van der Waals surface area (Å²) in [6.07, 6.45) is 1.40. The molecule has 1 aromatic heterocycles. The van der Waals surface area contributed by atoms with Crippen molar-refractivity contribution in [2.24, 2.45) is 0 Å². The number of morpholine rings is 1. The van der Waals surface area contributed by atoms with Gasteiger partial charge in [-0.2, -0.15) is 5.26 Å². The van der Waals surface area contributed by atoms with Crippen molar-refractivity contribution in [2.45, 2.75) is 11.4 Å². The first-order chi connectivity index (χ1) is 16.3. The van der Waals surface area contributed by atoms with E-state index in [0.717, 1.165) is 22.6 Å². The molecule has 1 saturated heterocycles. The molecule has 9 heteroatoms. The Balaban J connectivity index is 1.94. The minimum atomic E-state index is -4.11. The van der Waals surface area contributed by atoms with Crippen molar-refractivity contribution < 1.29 is 17.9 Å². The lowest BCUT2D eigenvalue weighted by Gasteiger charge is -2.26. The molecule has 0 aliphatic carbocycles. The van der Waals surface area contributed by atoms with E-state index in [4.69, 9.17) is 4.74 Å². The zero-order valence-electron chi connectivity index (χ0n) is 19.1. The zero-order chi connectivity index (χ0) is 24.3. The van der Waals surface area contributed by atoms with Crippen LogP contribution in [0.1, 0.15) is 16.1 Å². The summed E-state index contributed by atoms with van der Waals surface area (Å²) in [5, 5.41) is 10.3. The second kappa shape index (κ2) is 9.81. The van der Waals surface area contributed by atoms with Crippen molar-refractivity contribution in [3.63, 3.8) is 0 Å². The molecule has 0 spiro atoms. The van der Waals surface area contributed by atoms with Crippen molar-refractivity contribution in [1.29, 1.82) is 5.26 Å². The molecule has 1 aliphatic rings. The molecule has 0 amide bonds. The maximum absolute atomic E-state index is 13.7. The molecular formula is C25H26N4O4S. The highest BCUT2D eigenvalue weighted by atomic mass is 32.2. The molecular weight excluding hydrogens is 452 g/mol. The number of nitriles is 1. The van der Waals surface area contributed by atoms with E-state index < -0.39 is 15.8 Å². The number of carbonyl (C=O) groups is 1. The first-order valence-corrected chi connectivity index (χ1v) is 12.3. The first-order valence-electron chi connectivity index (χ1n) is 10.9. The van der Waals surface area contributed by atoms with Gasteiger partial charge in [-0.15, -0.1) is 0 Å². The third-order valence-electron chi connectivity index (χ3n) is 5.66. The van der Waals surface area contributed by atoms with Crippen LogP contribution in [-0.4, -0.2) is 68.4 Å². The first kappa shape index (κ1) is 23.7. The number of Topliss-reactive ketones (excluding diaryl/α,β-unsaturated/α-hetero) is 1. The SMILES string of the molecule is CN(C)/C=C(\C#N)C(=O)c1cc2c(CN3CCOCC3)cccc2n1S(=O)(=O)c1ccccc1. The van der Waals surface area contributed by atoms with Gasteiger partial charge in [0.15, 0.2) is 0 Å². The largest absolute Gasteiger partial charge is 0.382 e. The lowest BCUT2D eigenvalue weighted by atomic mass is 10.1. The van der Waals surface area contributed by atoms with Crippen LogP contribution < -0.4 is 0 Å². The lowest BCUT2D eigenvalue weighted by molar-refractivity contribution is 0.0344. The van der Waals surface area contributed by atoms with E-state index >= 15 is 0 Å². The maximum atomic E-state index is 13.7. The minimum absolute atomic E-state index is 0.0650. The number of ether oxygens (including phenoxy) is 1. The molecule has 0 saturated carbocycles. The molecule has 8 nitrogen and oxygen atoms in total. The highest BCUT2D eigenvalue weighted by Crippen LogP contribution is 2.30. The molecule has 176 valence electrons. The molecule has 1 aliphatic heterocycles. The van der Waals surface area contributed by atoms with E-state index in [1.165, 1.54) is 18.3 Å². The topological polar surface area (TPSA) is 95.6 Å². The van der Waals surface area contributed by atoms with Gasteiger partial charge in [0, 0.05) is 45.3 Å². The van der Waals surface area contributed by atoms with Crippen LogP contribution in [0, 0.1) is 11.3 Å². The number of rotatable bonds is 7. The lowest BCUT2D eigenvalue weighted by Crippen LogP contribution is -2.35. The Bertz CT molecular complexity index is 1380. The smallest absolute Gasteiger partial charge is 0.268 e. The standard InChI is InChI=1S/C25H26N4O4S/c1-27(2)17-20(16-26)25(30)24-15-22-19(18-28-11-13-33-14-12-28)7-6-10-23(22)29(24)34(31,32)21-8-4-3-5-9-21/h3-10,15,17H,11-14,18H2,1-2H3/b20-17+. The van der Waals surface area contributed by atoms with Gasteiger partial charge in [0.05, 0.1) is 23.6 Å². The fourth-order valence-corrected chi connectivity index (χ4v) is 5.58. The van der Waals surface area contributed by atoms with Crippen LogP contribution in [-0.2, 0) is 21.3 Å². The van der Waals surface area contributed by atoms with Gasteiger partial charge >= 0.3 is 0 Å². The molecule has 0 N–H and O–H groups in total. The highest BCUT2D eigenvalue weighted by Gasteiger charge is 2.29. The summed E-state index contributed by atoms with van der Waals surface area (Å²) in [4.78, 5) is 17.3. The van der Waals surface area contributed by atoms with Crippen molar-refractivity contribution in [3.8, 4) is 6.07 Å². The van der Waals surface area contributed by atoms with Crippen LogP contribution in [0.15, 0.2) is 71.3 Å². The van der Waals surface area contributed by atoms with Gasteiger partial charge in [-0.25, -0.2) is 12.4 Å². The number of hydrogen-bond donors (Lipinski definition) is 0. The number of fused-ring (bicyclic) bond motifs is 1. The number of allylic oxidation sites excluding steroid dienone is 1. The second-order valence-corrected chi connectivity index (χ2v) is 10.1. The number of hydrogen-bond acceptors (Lipinski definition) is 7. The van der Waals surface area contributed by atoms with Crippen LogP contribution in [0.5, 0.6) is 0 Å². The number of carbonyl (C=O) groups excluding carboxylic acids is 1. The number of ketones is 1. The molecule has 0 atom stereocenters. The van der Waals surface area contributed by atoms with Crippen LogP contribution >= 0.6 is 0 Å². The monoisotopic (exact) mass is 478 g/mol. The molecule has 0 unspecified atom stereocenters. The summed E-state index contributed by atoms with van der Waals surface area (Å²) in [5.74, 6) is -0.649. The van der Waals surface area contributed by atoms with E-state index in [-0.39, 0.29) is 16.2 Å². The maximum Gasteiger partial charge on any atom is 0.268 e. The van der Waals surface area contributed by atoms with Gasteiger partial charge in [0.1, 0.15) is 17.3 Å². The summed E-state index contributed by atoms with van der Waals surface area (Å²) in [6, 6.07) is 16.9. The molecule has 1 fully saturated rings. The van der Waals surface area contributed by atoms with E-state index in [9.17, 15) is 18.5 Å². The Morgan fingerprint density at radius 1 is 1.12 bits per heavy atom. The third kappa shape index (κ3) is 4.61. The van der Waals surface area contributed by atoms with E-state index in [1.54, 1.807) is 55.4 Å². The van der Waals surface area contributed by atoms with Gasteiger partial charge in [-0.1, -0.05) is 30.3 Å². The van der Waals surface area contributed by atoms with E-state index in [1.807, 2.05) is 12.1 Å². The Morgan fingerprint density at radius 2 is 1.82 bits per heavy atom. The third-order valence-corrected chi connectivity index (χ3v) is 7.40. The Kier molecular flexibility index (Phi) is 6.84. The van der Waals surface area contributed by atoms with Gasteiger partial charge < -0.3 is 9.64 Å². The predicted molar refractivity (Wildman–Crippen MR) is 129 cm³/mol. The fourth-order valence-electron chi connectivity index (χ4n) is 4.06. The number of nitrogens with zero attached hydrogens (tertiary/aromatic N) is 4. The van der Waals surface area contributed by atoms with Gasteiger partial charge in [-0.3, -0.25) is 9.69 Å². The second-order valence-electron chi connectivity index (χ2n) is 8.30. The Labute approximate surface area is 199 Å². The molecule has 4 rings (SSSR count). The molecule has 2 aromatic carbocycles. The average molecular weight is 479 g/mol. The summed E-state index contributed by atoms with van der Waals surface area (Å²) >= 11 is 0. The fraction of sp³-hybridized carbons (Fsp3) is 0.280. The van der Waals surface area contributed by atoms with Crippen molar-refractivity contribution >= 4 is 26.7 Å². The van der Waals surface area contributed by atoms with Crippen LogP contribution in [0.4, 0.5) is 0 Å². The van der Waals surface area contributed by atoms with Crippen LogP contribution in [0.3, 0.4) is 0 Å². The van der Waals surface area contributed by atoms with Crippen molar-refractivity contribution in [1.82, 2.24) is 13.8 Å². The molecule has 34 heavy (non-hydrogen) atoms. The summed E-state index contributed by atoms with van der Waals surface area (Å²) in [6.45, 7) is 3.43. The summed E-state index contributed by atoms with van der Waals surface area (Å²) in [7, 11) is -0.714. The number of benzene rings is 2.